The summed E-state index contributed by atoms with van der Waals surface area (Å²) in [6.45, 7) is 2.21. The summed E-state index contributed by atoms with van der Waals surface area (Å²) in [5, 5.41) is 2.64. The number of allylic oxidation sites excluding steroid dienone is 1. The van der Waals surface area contributed by atoms with Gasteiger partial charge in [0.2, 0.25) is 0 Å². The van der Waals surface area contributed by atoms with Crippen LogP contribution in [0.15, 0.2) is 23.6 Å². The second-order valence-electron chi connectivity index (χ2n) is 2.53. The lowest BCUT2D eigenvalue weighted by molar-refractivity contribution is -0.137. The van der Waals surface area contributed by atoms with E-state index in [1.54, 1.807) is 18.3 Å². The Morgan fingerprint density at radius 1 is 1.71 bits per heavy atom. The number of ether oxygens (including phenoxy) is 1. The minimum Gasteiger partial charge on any atom is -0.463 e. The monoisotopic (exact) mass is 274 g/mol. The lowest BCUT2D eigenvalue weighted by atomic mass is 10.2. The zero-order chi connectivity index (χ0) is 10.4. The smallest absolute Gasteiger partial charge is 0.331 e. The lowest BCUT2D eigenvalue weighted by Crippen LogP contribution is -2.00. The average Bonchev–Trinajstić information content (AvgIpc) is 2.67. The van der Waals surface area contributed by atoms with Gasteiger partial charge in [0.1, 0.15) is 0 Å². The van der Waals surface area contributed by atoms with E-state index in [2.05, 4.69) is 15.9 Å². The van der Waals surface area contributed by atoms with Gasteiger partial charge in [-0.2, -0.15) is 0 Å². The third-order valence-electron chi connectivity index (χ3n) is 1.56. The van der Waals surface area contributed by atoms with Crippen LogP contribution in [-0.2, 0) is 9.53 Å². The number of alkyl halides is 1. The normalized spacial score (nSPS) is 11.4. The molecule has 0 aliphatic carbocycles. The van der Waals surface area contributed by atoms with Crippen LogP contribution >= 0.6 is 27.3 Å². The Morgan fingerprint density at radius 2 is 2.50 bits per heavy atom. The minimum absolute atomic E-state index is 0.282. The van der Waals surface area contributed by atoms with Crippen LogP contribution in [0, 0.1) is 0 Å². The van der Waals surface area contributed by atoms with Crippen LogP contribution in [0.5, 0.6) is 0 Å². The fourth-order valence-corrected chi connectivity index (χ4v) is 2.36. The summed E-state index contributed by atoms with van der Waals surface area (Å²) in [4.78, 5) is 12.3. The number of esters is 1. The number of carbonyl (C=O) groups is 1. The van der Waals surface area contributed by atoms with E-state index < -0.39 is 0 Å². The van der Waals surface area contributed by atoms with Crippen LogP contribution in [0.4, 0.5) is 0 Å². The van der Waals surface area contributed by atoms with E-state index in [9.17, 15) is 4.79 Å². The first-order valence-electron chi connectivity index (χ1n) is 4.25. The van der Waals surface area contributed by atoms with E-state index in [1.807, 2.05) is 17.5 Å². The van der Waals surface area contributed by atoms with Gasteiger partial charge in [-0.25, -0.2) is 4.79 Å². The van der Waals surface area contributed by atoms with Gasteiger partial charge in [0, 0.05) is 16.3 Å². The molecule has 0 spiro atoms. The molecular weight excluding hydrogens is 264 g/mol. The standard InChI is InChI=1S/C10H11BrO2S/c1-2-13-10(12)6-8(7-11)9-4-3-5-14-9/h3-6H,2,7H2,1H3. The van der Waals surface area contributed by atoms with Gasteiger partial charge in [-0.3, -0.25) is 0 Å². The zero-order valence-corrected chi connectivity index (χ0v) is 10.2. The molecule has 76 valence electrons. The average molecular weight is 275 g/mol. The van der Waals surface area contributed by atoms with E-state index in [0.717, 1.165) is 10.5 Å². The van der Waals surface area contributed by atoms with Crippen molar-refractivity contribution in [3.63, 3.8) is 0 Å². The first-order valence-corrected chi connectivity index (χ1v) is 6.25. The Kier molecular flexibility index (Phi) is 4.90. The van der Waals surface area contributed by atoms with Crippen molar-refractivity contribution in [1.29, 1.82) is 0 Å². The highest BCUT2D eigenvalue weighted by atomic mass is 79.9. The number of rotatable bonds is 4. The third kappa shape index (κ3) is 3.27. The van der Waals surface area contributed by atoms with E-state index >= 15 is 0 Å². The number of hydrogen-bond donors (Lipinski definition) is 0. The fourth-order valence-electron chi connectivity index (χ4n) is 0.963. The Morgan fingerprint density at radius 3 is 3.00 bits per heavy atom. The van der Waals surface area contributed by atoms with Crippen molar-refractivity contribution in [1.82, 2.24) is 0 Å². The first kappa shape index (κ1) is 11.5. The van der Waals surface area contributed by atoms with Gasteiger partial charge in [-0.15, -0.1) is 11.3 Å². The molecule has 1 heterocycles. The van der Waals surface area contributed by atoms with Crippen molar-refractivity contribution in [3.05, 3.63) is 28.5 Å². The number of hydrogen-bond acceptors (Lipinski definition) is 3. The zero-order valence-electron chi connectivity index (χ0n) is 7.83. The predicted octanol–water partition coefficient (Wildman–Crippen LogP) is 3.09. The Hall–Kier alpha value is -0.610. The minimum atomic E-state index is -0.282. The third-order valence-corrected chi connectivity index (χ3v) is 3.11. The van der Waals surface area contributed by atoms with E-state index in [0.29, 0.717) is 11.9 Å². The molecule has 0 radical (unpaired) electrons. The number of carbonyl (C=O) groups excluding carboxylic acids is 1. The van der Waals surface area contributed by atoms with Crippen molar-refractivity contribution in [2.75, 3.05) is 11.9 Å². The van der Waals surface area contributed by atoms with Crippen LogP contribution in [0.2, 0.25) is 0 Å². The Bertz CT molecular complexity index is 317. The number of halogens is 1. The van der Waals surface area contributed by atoms with Crippen LogP contribution < -0.4 is 0 Å². The Balaban J connectivity index is 2.76. The van der Waals surface area contributed by atoms with Crippen LogP contribution in [-0.4, -0.2) is 17.9 Å². The van der Waals surface area contributed by atoms with Crippen LogP contribution in [0.3, 0.4) is 0 Å². The van der Waals surface area contributed by atoms with Gasteiger partial charge in [0.25, 0.3) is 0 Å². The highest BCUT2D eigenvalue weighted by molar-refractivity contribution is 9.09. The molecular formula is C10H11BrO2S. The molecule has 0 amide bonds. The van der Waals surface area contributed by atoms with Crippen LogP contribution in [0.1, 0.15) is 11.8 Å². The molecule has 0 saturated heterocycles. The molecule has 14 heavy (non-hydrogen) atoms. The predicted molar refractivity (Wildman–Crippen MR) is 62.7 cm³/mol. The largest absolute Gasteiger partial charge is 0.463 e. The van der Waals surface area contributed by atoms with Crippen molar-refractivity contribution < 1.29 is 9.53 Å². The van der Waals surface area contributed by atoms with E-state index in [-0.39, 0.29) is 5.97 Å². The summed E-state index contributed by atoms with van der Waals surface area (Å²) in [7, 11) is 0. The molecule has 0 N–H and O–H groups in total. The Labute approximate surface area is 95.7 Å². The maximum Gasteiger partial charge on any atom is 0.331 e. The molecule has 0 atom stereocenters. The second kappa shape index (κ2) is 5.98. The van der Waals surface area contributed by atoms with Crippen molar-refractivity contribution in [3.8, 4) is 0 Å². The maximum atomic E-state index is 11.2. The summed E-state index contributed by atoms with van der Waals surface area (Å²) in [5.74, 6) is -0.282. The molecule has 2 nitrogen and oxygen atoms in total. The van der Waals surface area contributed by atoms with Gasteiger partial charge in [0.15, 0.2) is 0 Å². The highest BCUT2D eigenvalue weighted by Crippen LogP contribution is 2.21. The summed E-state index contributed by atoms with van der Waals surface area (Å²) in [6.07, 6.45) is 1.53. The van der Waals surface area contributed by atoms with Crippen molar-refractivity contribution in [2.45, 2.75) is 6.92 Å². The SMILES string of the molecule is CCOC(=O)C=C(CBr)c1cccs1. The first-order chi connectivity index (χ1) is 6.77. The summed E-state index contributed by atoms with van der Waals surface area (Å²) < 4.78 is 4.84. The summed E-state index contributed by atoms with van der Waals surface area (Å²) >= 11 is 4.96. The molecule has 4 heteroatoms. The van der Waals surface area contributed by atoms with Gasteiger partial charge >= 0.3 is 5.97 Å². The van der Waals surface area contributed by atoms with Crippen molar-refractivity contribution >= 4 is 38.8 Å². The molecule has 0 bridgehead atoms. The van der Waals surface area contributed by atoms with Gasteiger partial charge < -0.3 is 4.74 Å². The molecule has 0 aliphatic rings. The number of thiophene rings is 1. The maximum absolute atomic E-state index is 11.2. The highest BCUT2D eigenvalue weighted by Gasteiger charge is 2.04. The van der Waals surface area contributed by atoms with Gasteiger partial charge in [0.05, 0.1) is 6.61 Å². The van der Waals surface area contributed by atoms with Gasteiger partial charge in [-0.05, 0) is 23.9 Å². The van der Waals surface area contributed by atoms with E-state index in [1.165, 1.54) is 6.08 Å². The fraction of sp³-hybridized carbons (Fsp3) is 0.300. The molecule has 1 aromatic rings. The quantitative estimate of drug-likeness (QED) is 0.479. The second-order valence-corrected chi connectivity index (χ2v) is 4.04. The molecule has 1 rings (SSSR count). The molecule has 0 aromatic carbocycles. The molecule has 1 aromatic heterocycles. The molecule has 0 saturated carbocycles. The van der Waals surface area contributed by atoms with E-state index in [4.69, 9.17) is 4.74 Å². The van der Waals surface area contributed by atoms with Crippen molar-refractivity contribution in [2.24, 2.45) is 0 Å². The topological polar surface area (TPSA) is 26.3 Å². The molecule has 0 unspecified atom stereocenters. The molecule has 0 fully saturated rings. The lowest BCUT2D eigenvalue weighted by Gasteiger charge is -2.00. The summed E-state index contributed by atoms with van der Waals surface area (Å²) in [6, 6.07) is 3.94. The molecule has 0 aliphatic heterocycles. The summed E-state index contributed by atoms with van der Waals surface area (Å²) in [5.41, 5.74) is 0.957. The van der Waals surface area contributed by atoms with Gasteiger partial charge in [-0.1, -0.05) is 22.0 Å². The van der Waals surface area contributed by atoms with Crippen LogP contribution in [0.25, 0.3) is 5.57 Å².